The van der Waals surface area contributed by atoms with Crippen LogP contribution in [0.1, 0.15) is 30.1 Å². The van der Waals surface area contributed by atoms with E-state index in [1.807, 2.05) is 0 Å². The molecular weight excluding hydrogens is 452 g/mol. The molecule has 2 aliphatic rings. The molecule has 1 aromatic rings. The molecule has 0 radical (unpaired) electrons. The maximum atomic E-state index is 12.9. The predicted molar refractivity (Wildman–Crippen MR) is 104 cm³/mol. The second-order valence-electron chi connectivity index (χ2n) is 6.74. The number of carbonyl (C=O) groups excluding carboxylic acids is 2. The van der Waals surface area contributed by atoms with Crippen molar-refractivity contribution in [1.29, 1.82) is 0 Å². The Morgan fingerprint density at radius 2 is 1.79 bits per heavy atom. The lowest BCUT2D eigenvalue weighted by Gasteiger charge is -2.26. The van der Waals surface area contributed by atoms with Crippen LogP contribution in [-0.4, -0.2) is 75.0 Å². The largest absolute Gasteiger partial charge is 0.449 e. The molecule has 10 heteroatoms. The summed E-state index contributed by atoms with van der Waals surface area (Å²) in [6, 6.07) is 4.25. The van der Waals surface area contributed by atoms with Crippen LogP contribution in [0.5, 0.6) is 0 Å². The van der Waals surface area contributed by atoms with Gasteiger partial charge in [0.2, 0.25) is 10.0 Å². The number of halogens is 1. The number of hydrogen-bond acceptors (Lipinski definition) is 6. The third-order valence-electron chi connectivity index (χ3n) is 4.80. The highest BCUT2D eigenvalue weighted by molar-refractivity contribution is 9.10. The highest BCUT2D eigenvalue weighted by Crippen LogP contribution is 2.27. The molecule has 2 heterocycles. The van der Waals surface area contributed by atoms with Gasteiger partial charge in [0.1, 0.15) is 0 Å². The minimum atomic E-state index is -3.78. The predicted octanol–water partition coefficient (Wildman–Crippen LogP) is 1.64. The van der Waals surface area contributed by atoms with Gasteiger partial charge in [0.15, 0.2) is 6.10 Å². The maximum Gasteiger partial charge on any atom is 0.338 e. The fourth-order valence-corrected chi connectivity index (χ4v) is 5.59. The molecule has 28 heavy (non-hydrogen) atoms. The molecular formula is C18H23BrN2O6S. The normalized spacial score (nSPS) is 19.4. The highest BCUT2D eigenvalue weighted by atomic mass is 79.9. The number of carbonyl (C=O) groups is 2. The van der Waals surface area contributed by atoms with E-state index in [1.165, 1.54) is 29.4 Å². The smallest absolute Gasteiger partial charge is 0.338 e. The van der Waals surface area contributed by atoms with E-state index in [0.717, 1.165) is 12.8 Å². The minimum absolute atomic E-state index is 0.0117. The number of rotatable bonds is 5. The fraction of sp³-hybridized carbons (Fsp3) is 0.556. The lowest BCUT2D eigenvalue weighted by atomic mass is 10.2. The zero-order valence-electron chi connectivity index (χ0n) is 15.6. The average Bonchev–Trinajstić information content (AvgIpc) is 3.23. The number of morpholine rings is 1. The lowest BCUT2D eigenvalue weighted by Crippen LogP contribution is -2.40. The number of likely N-dealkylation sites (tertiary alicyclic amines) is 1. The summed E-state index contributed by atoms with van der Waals surface area (Å²) >= 11 is 3.25. The molecule has 1 unspecified atom stereocenters. The Balaban J connectivity index is 1.76. The van der Waals surface area contributed by atoms with E-state index in [9.17, 15) is 18.0 Å². The molecule has 0 bridgehead atoms. The molecule has 0 aliphatic carbocycles. The molecule has 1 atom stereocenters. The third kappa shape index (κ3) is 4.56. The van der Waals surface area contributed by atoms with Gasteiger partial charge in [0.25, 0.3) is 5.91 Å². The van der Waals surface area contributed by atoms with Gasteiger partial charge in [-0.1, -0.05) is 0 Å². The van der Waals surface area contributed by atoms with Crippen LogP contribution in [0.15, 0.2) is 27.6 Å². The van der Waals surface area contributed by atoms with Gasteiger partial charge in [-0.15, -0.1) is 0 Å². The van der Waals surface area contributed by atoms with Crippen LogP contribution in [0.25, 0.3) is 0 Å². The van der Waals surface area contributed by atoms with E-state index in [0.29, 0.717) is 30.8 Å². The van der Waals surface area contributed by atoms with Crippen molar-refractivity contribution in [2.45, 2.75) is 30.8 Å². The summed E-state index contributed by atoms with van der Waals surface area (Å²) in [6.45, 7) is 4.03. The van der Waals surface area contributed by atoms with E-state index in [1.54, 1.807) is 4.90 Å². The summed E-state index contributed by atoms with van der Waals surface area (Å²) < 4.78 is 38.0. The van der Waals surface area contributed by atoms with Crippen molar-refractivity contribution in [3.63, 3.8) is 0 Å². The quantitative estimate of drug-likeness (QED) is 0.602. The van der Waals surface area contributed by atoms with Crippen molar-refractivity contribution in [3.8, 4) is 0 Å². The summed E-state index contributed by atoms with van der Waals surface area (Å²) in [6.07, 6.45) is 0.970. The summed E-state index contributed by atoms with van der Waals surface area (Å²) in [5, 5.41) is 0. The Hall–Kier alpha value is -1.49. The third-order valence-corrected chi connectivity index (χ3v) is 7.70. The molecule has 0 spiro atoms. The molecule has 2 aliphatic heterocycles. The van der Waals surface area contributed by atoms with Gasteiger partial charge in [0, 0.05) is 30.7 Å². The van der Waals surface area contributed by atoms with Crippen LogP contribution in [0.3, 0.4) is 0 Å². The summed E-state index contributed by atoms with van der Waals surface area (Å²) in [5.41, 5.74) is 0.0797. The molecule has 8 nitrogen and oxygen atoms in total. The van der Waals surface area contributed by atoms with Crippen LogP contribution < -0.4 is 0 Å². The van der Waals surface area contributed by atoms with Gasteiger partial charge >= 0.3 is 5.97 Å². The van der Waals surface area contributed by atoms with Crippen molar-refractivity contribution in [2.75, 3.05) is 39.4 Å². The van der Waals surface area contributed by atoms with Gasteiger partial charge in [0.05, 0.1) is 23.7 Å². The van der Waals surface area contributed by atoms with E-state index in [2.05, 4.69) is 15.9 Å². The Morgan fingerprint density at radius 3 is 2.43 bits per heavy atom. The van der Waals surface area contributed by atoms with E-state index < -0.39 is 22.1 Å². The van der Waals surface area contributed by atoms with Crippen LogP contribution in [-0.2, 0) is 24.3 Å². The molecule has 2 fully saturated rings. The highest BCUT2D eigenvalue weighted by Gasteiger charge is 2.30. The first-order valence-corrected chi connectivity index (χ1v) is 11.4. The van der Waals surface area contributed by atoms with Crippen molar-refractivity contribution in [3.05, 3.63) is 28.2 Å². The SMILES string of the molecule is CC(OC(=O)c1ccc(Br)c(S(=O)(=O)N2CCOCC2)c1)C(=O)N1CCCC1. The van der Waals surface area contributed by atoms with Gasteiger partial charge in [-0.25, -0.2) is 13.2 Å². The van der Waals surface area contributed by atoms with Gasteiger partial charge in [-0.2, -0.15) is 4.31 Å². The number of amides is 1. The minimum Gasteiger partial charge on any atom is -0.449 e. The van der Waals surface area contributed by atoms with Crippen LogP contribution in [0.2, 0.25) is 0 Å². The maximum absolute atomic E-state index is 12.9. The zero-order valence-corrected chi connectivity index (χ0v) is 18.0. The summed E-state index contributed by atoms with van der Waals surface area (Å²) in [5.74, 6) is -0.963. The molecule has 0 N–H and O–H groups in total. The number of hydrogen-bond donors (Lipinski definition) is 0. The van der Waals surface area contributed by atoms with Crippen LogP contribution >= 0.6 is 15.9 Å². The first-order valence-electron chi connectivity index (χ1n) is 9.18. The van der Waals surface area contributed by atoms with Crippen molar-refractivity contribution in [1.82, 2.24) is 9.21 Å². The van der Waals surface area contributed by atoms with Crippen molar-refractivity contribution >= 4 is 37.8 Å². The number of benzene rings is 1. The molecule has 0 aromatic heterocycles. The number of ether oxygens (including phenoxy) is 2. The standard InChI is InChI=1S/C18H23BrN2O6S/c1-13(17(22)20-6-2-3-7-20)27-18(23)14-4-5-15(19)16(12-14)28(24,25)21-8-10-26-11-9-21/h4-5,12-13H,2-3,6-11H2,1H3. The Morgan fingerprint density at radius 1 is 1.14 bits per heavy atom. The summed E-state index contributed by atoms with van der Waals surface area (Å²) in [7, 11) is -3.78. The molecule has 1 aromatic carbocycles. The van der Waals surface area contributed by atoms with E-state index in [-0.39, 0.29) is 29.5 Å². The Bertz CT molecular complexity index is 848. The zero-order chi connectivity index (χ0) is 20.3. The average molecular weight is 475 g/mol. The second kappa shape index (κ2) is 8.89. The molecule has 0 saturated carbocycles. The van der Waals surface area contributed by atoms with Gasteiger partial charge < -0.3 is 14.4 Å². The van der Waals surface area contributed by atoms with Crippen molar-refractivity contribution < 1.29 is 27.5 Å². The van der Waals surface area contributed by atoms with E-state index in [4.69, 9.17) is 9.47 Å². The Labute approximate surface area is 172 Å². The number of nitrogens with zero attached hydrogens (tertiary/aromatic N) is 2. The number of sulfonamides is 1. The van der Waals surface area contributed by atoms with Gasteiger partial charge in [-0.3, -0.25) is 4.79 Å². The lowest BCUT2D eigenvalue weighted by molar-refractivity contribution is -0.138. The molecule has 154 valence electrons. The van der Waals surface area contributed by atoms with Crippen LogP contribution in [0, 0.1) is 0 Å². The van der Waals surface area contributed by atoms with E-state index >= 15 is 0 Å². The first-order chi connectivity index (χ1) is 13.3. The first kappa shape index (κ1) is 21.2. The second-order valence-corrected chi connectivity index (χ2v) is 9.50. The number of esters is 1. The van der Waals surface area contributed by atoms with Crippen molar-refractivity contribution in [2.24, 2.45) is 0 Å². The Kier molecular flexibility index (Phi) is 6.74. The summed E-state index contributed by atoms with van der Waals surface area (Å²) in [4.78, 5) is 26.5. The molecule has 2 saturated heterocycles. The fourth-order valence-electron chi connectivity index (χ4n) is 3.23. The monoisotopic (exact) mass is 474 g/mol. The van der Waals surface area contributed by atoms with Gasteiger partial charge in [-0.05, 0) is 53.9 Å². The molecule has 3 rings (SSSR count). The van der Waals surface area contributed by atoms with Crippen LogP contribution in [0.4, 0.5) is 0 Å². The molecule has 1 amide bonds. The topological polar surface area (TPSA) is 93.2 Å².